The third-order valence-corrected chi connectivity index (χ3v) is 3.13. The number of carbonyl (C=O) groups excluding carboxylic acids is 1. The lowest BCUT2D eigenvalue weighted by Crippen LogP contribution is -2.43. The Balaban J connectivity index is 2.71. The number of hydrogen-bond acceptors (Lipinski definition) is 3. The summed E-state index contributed by atoms with van der Waals surface area (Å²) < 4.78 is 5.96. The quantitative estimate of drug-likeness (QED) is 0.757. The number of carbonyl (C=O) groups is 1. The van der Waals surface area contributed by atoms with Gasteiger partial charge < -0.3 is 20.5 Å². The lowest BCUT2D eigenvalue weighted by Gasteiger charge is -2.24. The van der Waals surface area contributed by atoms with Gasteiger partial charge in [-0.3, -0.25) is 0 Å². The van der Waals surface area contributed by atoms with Crippen LogP contribution in [0.25, 0.3) is 0 Å². The zero-order valence-electron chi connectivity index (χ0n) is 14.2. The molecule has 0 spiro atoms. The van der Waals surface area contributed by atoms with Gasteiger partial charge in [0.15, 0.2) is 0 Å². The molecule has 0 aliphatic heterocycles. The maximum Gasteiger partial charge on any atom is 0.315 e. The first-order valence-corrected chi connectivity index (χ1v) is 7.69. The van der Waals surface area contributed by atoms with E-state index in [1.54, 1.807) is 0 Å². The predicted octanol–water partition coefficient (Wildman–Crippen LogP) is 2.74. The van der Waals surface area contributed by atoms with E-state index in [-0.39, 0.29) is 24.3 Å². The summed E-state index contributed by atoms with van der Waals surface area (Å²) in [5, 5.41) is 14.6. The Labute approximate surface area is 133 Å². The average molecular weight is 308 g/mol. The Morgan fingerprint density at radius 2 is 2.05 bits per heavy atom. The molecule has 2 amide bonds. The Kier molecular flexibility index (Phi) is 6.68. The van der Waals surface area contributed by atoms with Gasteiger partial charge in [0, 0.05) is 12.1 Å². The Bertz CT molecular complexity index is 491. The second kappa shape index (κ2) is 8.03. The Hall–Kier alpha value is -1.75. The van der Waals surface area contributed by atoms with Crippen molar-refractivity contribution in [3.8, 4) is 5.75 Å². The minimum absolute atomic E-state index is 0.0627. The van der Waals surface area contributed by atoms with Gasteiger partial charge in [-0.2, -0.15) is 0 Å². The highest BCUT2D eigenvalue weighted by molar-refractivity contribution is 5.74. The SMILES string of the molecule is CCC(CO)NC(=O)NCc1ccc(C)cc1OC(C)(C)C. The number of hydrogen-bond donors (Lipinski definition) is 3. The molecule has 1 aromatic carbocycles. The second-order valence-electron chi connectivity index (χ2n) is 6.44. The molecule has 0 aromatic heterocycles. The van der Waals surface area contributed by atoms with Crippen molar-refractivity contribution in [1.82, 2.24) is 10.6 Å². The molecule has 3 N–H and O–H groups in total. The molecule has 0 heterocycles. The fourth-order valence-corrected chi connectivity index (χ4v) is 1.92. The maximum absolute atomic E-state index is 11.8. The van der Waals surface area contributed by atoms with Gasteiger partial charge in [-0.25, -0.2) is 4.79 Å². The molecular formula is C17H28N2O3. The van der Waals surface area contributed by atoms with Gasteiger partial charge in [0.05, 0.1) is 12.6 Å². The molecule has 5 heteroatoms. The molecule has 22 heavy (non-hydrogen) atoms. The van der Waals surface area contributed by atoms with Crippen molar-refractivity contribution in [3.63, 3.8) is 0 Å². The van der Waals surface area contributed by atoms with E-state index in [1.165, 1.54) is 0 Å². The first-order chi connectivity index (χ1) is 10.2. The van der Waals surface area contributed by atoms with Crippen LogP contribution in [-0.2, 0) is 6.54 Å². The molecule has 0 aliphatic rings. The predicted molar refractivity (Wildman–Crippen MR) is 88.1 cm³/mol. The number of nitrogens with one attached hydrogen (secondary N) is 2. The van der Waals surface area contributed by atoms with Crippen molar-refractivity contribution in [2.45, 2.75) is 59.2 Å². The largest absolute Gasteiger partial charge is 0.488 e. The molecule has 0 bridgehead atoms. The van der Waals surface area contributed by atoms with Crippen LogP contribution >= 0.6 is 0 Å². The minimum atomic E-state index is -0.297. The van der Waals surface area contributed by atoms with Crippen molar-refractivity contribution in [1.29, 1.82) is 0 Å². The fourth-order valence-electron chi connectivity index (χ4n) is 1.92. The summed E-state index contributed by atoms with van der Waals surface area (Å²) in [6, 6.07) is 5.42. The standard InChI is InChI=1S/C17H28N2O3/c1-6-14(11-20)19-16(21)18-10-13-8-7-12(2)9-15(13)22-17(3,4)5/h7-9,14,20H,6,10-11H2,1-5H3,(H2,18,19,21). The van der Waals surface area contributed by atoms with Crippen molar-refractivity contribution in [2.75, 3.05) is 6.61 Å². The van der Waals surface area contributed by atoms with Gasteiger partial charge in [0.25, 0.3) is 0 Å². The molecule has 1 atom stereocenters. The van der Waals surface area contributed by atoms with Gasteiger partial charge in [-0.15, -0.1) is 0 Å². The number of aryl methyl sites for hydroxylation is 1. The van der Waals surface area contributed by atoms with E-state index in [2.05, 4.69) is 10.6 Å². The summed E-state index contributed by atoms with van der Waals surface area (Å²) in [5.74, 6) is 0.780. The highest BCUT2D eigenvalue weighted by atomic mass is 16.5. The minimum Gasteiger partial charge on any atom is -0.488 e. The lowest BCUT2D eigenvalue weighted by molar-refractivity contribution is 0.129. The van der Waals surface area contributed by atoms with E-state index in [4.69, 9.17) is 9.84 Å². The fraction of sp³-hybridized carbons (Fsp3) is 0.588. The van der Waals surface area contributed by atoms with Crippen molar-refractivity contribution >= 4 is 6.03 Å². The summed E-state index contributed by atoms with van der Waals surface area (Å²) in [4.78, 5) is 11.8. The lowest BCUT2D eigenvalue weighted by atomic mass is 10.1. The van der Waals surface area contributed by atoms with Crippen molar-refractivity contribution < 1.29 is 14.6 Å². The van der Waals surface area contributed by atoms with Gasteiger partial charge in [-0.05, 0) is 45.7 Å². The molecule has 1 aromatic rings. The van der Waals surface area contributed by atoms with E-state index in [0.29, 0.717) is 13.0 Å². The summed E-state index contributed by atoms with van der Waals surface area (Å²) in [6.45, 7) is 10.2. The highest BCUT2D eigenvalue weighted by Gasteiger charge is 2.15. The van der Waals surface area contributed by atoms with Crippen LogP contribution in [0, 0.1) is 6.92 Å². The molecule has 0 radical (unpaired) electrons. The van der Waals surface area contributed by atoms with Crippen LogP contribution in [0.5, 0.6) is 5.75 Å². The third-order valence-electron chi connectivity index (χ3n) is 3.13. The zero-order valence-corrected chi connectivity index (χ0v) is 14.2. The van der Waals surface area contributed by atoms with Crippen LogP contribution in [0.4, 0.5) is 4.79 Å². The Morgan fingerprint density at radius 1 is 1.36 bits per heavy atom. The second-order valence-corrected chi connectivity index (χ2v) is 6.44. The van der Waals surface area contributed by atoms with Crippen LogP contribution in [0.2, 0.25) is 0 Å². The first-order valence-electron chi connectivity index (χ1n) is 7.69. The zero-order chi connectivity index (χ0) is 16.8. The molecule has 1 rings (SSSR count). The number of urea groups is 1. The summed E-state index contributed by atoms with van der Waals surface area (Å²) >= 11 is 0. The first kappa shape index (κ1) is 18.3. The topological polar surface area (TPSA) is 70.6 Å². The molecule has 1 unspecified atom stereocenters. The van der Waals surface area contributed by atoms with Crippen molar-refractivity contribution in [2.24, 2.45) is 0 Å². The molecular weight excluding hydrogens is 280 g/mol. The maximum atomic E-state index is 11.8. The van der Waals surface area contributed by atoms with Crippen LogP contribution < -0.4 is 15.4 Å². The monoisotopic (exact) mass is 308 g/mol. The summed E-state index contributed by atoms with van der Waals surface area (Å²) in [5.41, 5.74) is 1.74. The van der Waals surface area contributed by atoms with E-state index in [1.807, 2.05) is 52.8 Å². The van der Waals surface area contributed by atoms with E-state index >= 15 is 0 Å². The van der Waals surface area contributed by atoms with E-state index < -0.39 is 0 Å². The summed E-state index contributed by atoms with van der Waals surface area (Å²) in [7, 11) is 0. The van der Waals surface area contributed by atoms with Gasteiger partial charge in [0.1, 0.15) is 11.4 Å². The normalized spacial score (nSPS) is 12.6. The van der Waals surface area contributed by atoms with Gasteiger partial charge in [0.2, 0.25) is 0 Å². The van der Waals surface area contributed by atoms with Crippen LogP contribution in [0.15, 0.2) is 18.2 Å². The average Bonchev–Trinajstić information content (AvgIpc) is 2.42. The third kappa shape index (κ3) is 6.35. The van der Waals surface area contributed by atoms with Gasteiger partial charge in [-0.1, -0.05) is 19.1 Å². The number of aliphatic hydroxyl groups is 1. The highest BCUT2D eigenvalue weighted by Crippen LogP contribution is 2.24. The molecule has 0 fully saturated rings. The molecule has 0 aliphatic carbocycles. The van der Waals surface area contributed by atoms with Gasteiger partial charge >= 0.3 is 6.03 Å². The van der Waals surface area contributed by atoms with Crippen LogP contribution in [0.3, 0.4) is 0 Å². The van der Waals surface area contributed by atoms with Crippen LogP contribution in [0.1, 0.15) is 45.2 Å². The van der Waals surface area contributed by atoms with Crippen LogP contribution in [-0.4, -0.2) is 29.4 Å². The van der Waals surface area contributed by atoms with E-state index in [9.17, 15) is 4.79 Å². The molecule has 0 saturated carbocycles. The number of aliphatic hydroxyl groups excluding tert-OH is 1. The Morgan fingerprint density at radius 3 is 2.59 bits per heavy atom. The van der Waals surface area contributed by atoms with Crippen molar-refractivity contribution in [3.05, 3.63) is 29.3 Å². The van der Waals surface area contributed by atoms with E-state index in [0.717, 1.165) is 16.9 Å². The summed E-state index contributed by atoms with van der Waals surface area (Å²) in [6.07, 6.45) is 0.687. The number of benzene rings is 1. The molecule has 5 nitrogen and oxygen atoms in total. The number of amides is 2. The molecule has 124 valence electrons. The number of ether oxygens (including phenoxy) is 1. The smallest absolute Gasteiger partial charge is 0.315 e. The number of rotatable bonds is 6. The molecule has 0 saturated heterocycles.